The molecule has 2 aliphatic rings. The van der Waals surface area contributed by atoms with Crippen molar-refractivity contribution in [3.8, 4) is 5.88 Å². The highest BCUT2D eigenvalue weighted by molar-refractivity contribution is 8.32. The molecule has 1 fully saturated rings. The summed E-state index contributed by atoms with van der Waals surface area (Å²) in [4.78, 5) is 43.7. The van der Waals surface area contributed by atoms with E-state index >= 15 is 0 Å². The van der Waals surface area contributed by atoms with Gasteiger partial charge in [-0.2, -0.15) is 0 Å². The standard InChI is InChI=1S/C25H29F2N3O5S/c1-35-20-6-5-15-19(29-20)7-8-30(25(34)16-9-13(16)10-21(31)32)22(15)24(33)28-14-11-17(26)23(18(27)12-14)36(2,3)4/h5-6,11-13,16,22H,7-10H2,1-4H3,(H,28,33)(H,31,32)/t13-,16+,22?/m1/s1. The number of carboxylic acid groups (broad SMARTS) is 1. The van der Waals surface area contributed by atoms with Gasteiger partial charge >= 0.3 is 5.97 Å². The van der Waals surface area contributed by atoms with Crippen LogP contribution < -0.4 is 10.1 Å². The predicted octanol–water partition coefficient (Wildman–Crippen LogP) is 3.60. The summed E-state index contributed by atoms with van der Waals surface area (Å²) in [6.07, 6.45) is 6.02. The summed E-state index contributed by atoms with van der Waals surface area (Å²) in [5.74, 6) is -3.81. The number of carbonyl (C=O) groups is 3. The van der Waals surface area contributed by atoms with Gasteiger partial charge in [-0.25, -0.2) is 23.8 Å². The summed E-state index contributed by atoms with van der Waals surface area (Å²) >= 11 is 0. The third-order valence-electron chi connectivity index (χ3n) is 6.47. The lowest BCUT2D eigenvalue weighted by Gasteiger charge is -2.36. The van der Waals surface area contributed by atoms with Crippen molar-refractivity contribution < 1.29 is 33.0 Å². The number of benzene rings is 1. The number of ether oxygens (including phenoxy) is 1. The van der Waals surface area contributed by atoms with Crippen LogP contribution in [0.25, 0.3) is 0 Å². The molecule has 1 aliphatic carbocycles. The number of hydrogen-bond acceptors (Lipinski definition) is 5. The van der Waals surface area contributed by atoms with Gasteiger partial charge in [-0.05, 0) is 49.3 Å². The highest BCUT2D eigenvalue weighted by Crippen LogP contribution is 2.49. The lowest BCUT2D eigenvalue weighted by molar-refractivity contribution is -0.141. The summed E-state index contributed by atoms with van der Waals surface area (Å²) in [7, 11) is -0.219. The van der Waals surface area contributed by atoms with Gasteiger partial charge in [0.1, 0.15) is 17.7 Å². The lowest BCUT2D eigenvalue weighted by Crippen LogP contribution is -2.46. The minimum Gasteiger partial charge on any atom is -0.481 e. The Hall–Kier alpha value is -3.21. The number of anilines is 1. The first kappa shape index (κ1) is 25.9. The molecule has 2 heterocycles. The number of aromatic nitrogens is 1. The van der Waals surface area contributed by atoms with E-state index < -0.39 is 45.5 Å². The summed E-state index contributed by atoms with van der Waals surface area (Å²) in [5, 5.41) is 11.6. The van der Waals surface area contributed by atoms with Gasteiger partial charge in [0, 0.05) is 42.6 Å². The van der Waals surface area contributed by atoms with E-state index in [1.165, 1.54) is 12.0 Å². The number of rotatable bonds is 7. The zero-order valence-electron chi connectivity index (χ0n) is 20.5. The second-order valence-corrected chi connectivity index (χ2v) is 14.0. The van der Waals surface area contributed by atoms with E-state index in [-0.39, 0.29) is 35.4 Å². The molecule has 2 N–H and O–H groups in total. The van der Waals surface area contributed by atoms with E-state index in [1.54, 1.807) is 30.9 Å². The van der Waals surface area contributed by atoms with E-state index in [1.807, 2.05) is 0 Å². The van der Waals surface area contributed by atoms with Gasteiger partial charge in [-0.1, -0.05) is 0 Å². The Labute approximate surface area is 209 Å². The first-order valence-electron chi connectivity index (χ1n) is 11.4. The molecule has 0 radical (unpaired) electrons. The van der Waals surface area contributed by atoms with E-state index in [9.17, 15) is 23.2 Å². The van der Waals surface area contributed by atoms with Gasteiger partial charge in [-0.15, -0.1) is 0 Å². The van der Waals surface area contributed by atoms with Gasteiger partial charge in [-0.3, -0.25) is 14.4 Å². The van der Waals surface area contributed by atoms with Crippen LogP contribution in [0.15, 0.2) is 29.2 Å². The van der Waals surface area contributed by atoms with Crippen LogP contribution in [-0.4, -0.2) is 65.2 Å². The van der Waals surface area contributed by atoms with Gasteiger partial charge in [0.2, 0.25) is 11.8 Å². The fraction of sp³-hybridized carbons (Fsp3) is 0.440. The van der Waals surface area contributed by atoms with Gasteiger partial charge < -0.3 is 20.1 Å². The summed E-state index contributed by atoms with van der Waals surface area (Å²) in [6, 6.07) is 4.31. The minimum atomic E-state index is -1.69. The molecular weight excluding hydrogens is 492 g/mol. The smallest absolute Gasteiger partial charge is 0.303 e. The number of hydrogen-bond donors (Lipinski definition) is 2. The van der Waals surface area contributed by atoms with E-state index in [4.69, 9.17) is 9.84 Å². The number of methoxy groups -OCH3 is 1. The van der Waals surface area contributed by atoms with Crippen LogP contribution in [0, 0.1) is 23.5 Å². The second-order valence-electron chi connectivity index (χ2n) is 9.87. The quantitative estimate of drug-likeness (QED) is 0.577. The molecule has 1 unspecified atom stereocenters. The Balaban J connectivity index is 1.65. The van der Waals surface area contributed by atoms with Crippen molar-refractivity contribution in [2.45, 2.75) is 30.2 Å². The number of nitrogens with one attached hydrogen (secondary N) is 1. The van der Waals surface area contributed by atoms with Crippen LogP contribution >= 0.6 is 10.0 Å². The molecule has 0 saturated heterocycles. The van der Waals surface area contributed by atoms with Gasteiger partial charge in [0.05, 0.1) is 17.7 Å². The molecular formula is C25H29F2N3O5S. The molecule has 1 aromatic carbocycles. The van der Waals surface area contributed by atoms with Crippen LogP contribution in [0.3, 0.4) is 0 Å². The maximum absolute atomic E-state index is 14.8. The average molecular weight is 522 g/mol. The van der Waals surface area contributed by atoms with Crippen LogP contribution in [0.4, 0.5) is 14.5 Å². The molecule has 0 bridgehead atoms. The summed E-state index contributed by atoms with van der Waals surface area (Å²) in [5.41, 5.74) is 1.01. The lowest BCUT2D eigenvalue weighted by atomic mass is 9.95. The van der Waals surface area contributed by atoms with Crippen LogP contribution in [0.1, 0.15) is 30.1 Å². The van der Waals surface area contributed by atoms with Crippen LogP contribution in [0.5, 0.6) is 5.88 Å². The SMILES string of the molecule is COc1ccc2c(n1)CCN(C(=O)[C@H]1C[C@@H]1CC(=O)O)C2C(=O)Nc1cc(F)c(S(C)(C)C)c(F)c1. The van der Waals surface area contributed by atoms with Crippen molar-refractivity contribution in [1.82, 2.24) is 9.88 Å². The van der Waals surface area contributed by atoms with E-state index in [0.717, 1.165) is 12.1 Å². The zero-order chi connectivity index (χ0) is 26.4. The monoisotopic (exact) mass is 521 g/mol. The van der Waals surface area contributed by atoms with Crippen molar-refractivity contribution in [2.24, 2.45) is 11.8 Å². The number of carboxylic acids is 1. The largest absolute Gasteiger partial charge is 0.481 e. The van der Waals surface area contributed by atoms with Gasteiger partial charge in [0.25, 0.3) is 5.91 Å². The third-order valence-corrected chi connectivity index (χ3v) is 8.09. The molecule has 3 atom stereocenters. The van der Waals surface area contributed by atoms with Crippen molar-refractivity contribution in [3.05, 3.63) is 47.2 Å². The molecule has 2 amide bonds. The van der Waals surface area contributed by atoms with Crippen molar-refractivity contribution in [3.63, 3.8) is 0 Å². The van der Waals surface area contributed by atoms with Gasteiger partial charge in [0.15, 0.2) is 0 Å². The second kappa shape index (κ2) is 9.68. The third kappa shape index (κ3) is 5.16. The highest BCUT2D eigenvalue weighted by atomic mass is 32.3. The molecule has 11 heteroatoms. The Morgan fingerprint density at radius 2 is 1.86 bits per heavy atom. The molecule has 8 nitrogen and oxygen atoms in total. The molecule has 194 valence electrons. The normalized spacial score (nSPS) is 21.4. The number of halogens is 2. The summed E-state index contributed by atoms with van der Waals surface area (Å²) in [6.45, 7) is 0.190. The fourth-order valence-corrected chi connectivity index (χ4v) is 6.03. The molecule has 1 saturated carbocycles. The maximum Gasteiger partial charge on any atom is 0.303 e. The highest BCUT2D eigenvalue weighted by Gasteiger charge is 2.49. The van der Waals surface area contributed by atoms with Crippen molar-refractivity contribution in [1.29, 1.82) is 0 Å². The number of pyridine rings is 1. The number of aliphatic carboxylic acids is 1. The molecule has 0 spiro atoms. The molecule has 36 heavy (non-hydrogen) atoms. The summed E-state index contributed by atoms with van der Waals surface area (Å²) < 4.78 is 34.7. The average Bonchev–Trinajstić information content (AvgIpc) is 3.54. The van der Waals surface area contributed by atoms with E-state index in [0.29, 0.717) is 30.0 Å². The molecule has 4 rings (SSSR count). The Morgan fingerprint density at radius 1 is 1.19 bits per heavy atom. The first-order chi connectivity index (χ1) is 16.9. The van der Waals surface area contributed by atoms with Crippen molar-refractivity contribution >= 4 is 33.5 Å². The number of amides is 2. The molecule has 1 aromatic heterocycles. The molecule has 1 aliphatic heterocycles. The number of carbonyl (C=O) groups excluding carboxylic acids is 2. The van der Waals surface area contributed by atoms with Crippen molar-refractivity contribution in [2.75, 3.05) is 37.7 Å². The molecule has 2 aromatic rings. The Morgan fingerprint density at radius 3 is 2.44 bits per heavy atom. The van der Waals surface area contributed by atoms with Crippen LogP contribution in [0.2, 0.25) is 0 Å². The number of fused-ring (bicyclic) bond motifs is 1. The van der Waals surface area contributed by atoms with Crippen LogP contribution in [-0.2, 0) is 20.8 Å². The maximum atomic E-state index is 14.8. The Kier molecular flexibility index (Phi) is 6.96. The topological polar surface area (TPSA) is 109 Å². The fourth-order valence-electron chi connectivity index (χ4n) is 4.74. The minimum absolute atomic E-state index is 0.00480. The number of nitrogens with zero attached hydrogens (tertiary/aromatic N) is 2. The van der Waals surface area contributed by atoms with E-state index in [2.05, 4.69) is 10.3 Å². The first-order valence-corrected chi connectivity index (χ1v) is 14.3. The Bertz CT molecular complexity index is 1210. The zero-order valence-corrected chi connectivity index (χ0v) is 21.3. The predicted molar refractivity (Wildman–Crippen MR) is 131 cm³/mol.